The van der Waals surface area contributed by atoms with Crippen LogP contribution in [0.15, 0.2) is 24.3 Å². The number of piperazine rings is 1. The Hall–Kier alpha value is -2.26. The number of rotatable bonds is 4. The molecular formula is C21H27FN4O3S. The van der Waals surface area contributed by atoms with Gasteiger partial charge in [-0.25, -0.2) is 17.5 Å². The van der Waals surface area contributed by atoms with Gasteiger partial charge in [0.05, 0.1) is 29.3 Å². The van der Waals surface area contributed by atoms with Crippen molar-refractivity contribution in [1.29, 1.82) is 0 Å². The number of nitrogens with zero attached hydrogens (tertiary/aromatic N) is 4. The van der Waals surface area contributed by atoms with Gasteiger partial charge >= 0.3 is 0 Å². The zero-order chi connectivity index (χ0) is 21.5. The van der Waals surface area contributed by atoms with E-state index in [4.69, 9.17) is 0 Å². The van der Waals surface area contributed by atoms with Gasteiger partial charge < -0.3 is 4.90 Å². The van der Waals surface area contributed by atoms with Gasteiger partial charge in [0, 0.05) is 43.5 Å². The fraction of sp³-hybridized carbons (Fsp3) is 0.524. The molecule has 1 amide bonds. The van der Waals surface area contributed by atoms with Crippen LogP contribution in [0.25, 0.3) is 5.69 Å². The van der Waals surface area contributed by atoms with Gasteiger partial charge in [-0.05, 0) is 44.5 Å². The third-order valence-corrected chi connectivity index (χ3v) is 7.98. The van der Waals surface area contributed by atoms with Gasteiger partial charge in [0.1, 0.15) is 5.82 Å². The summed E-state index contributed by atoms with van der Waals surface area (Å²) in [6.45, 7) is 6.44. The average Bonchev–Trinajstić information content (AvgIpc) is 3.22. The van der Waals surface area contributed by atoms with E-state index in [1.165, 1.54) is 12.1 Å². The zero-order valence-electron chi connectivity index (χ0n) is 17.3. The Balaban J connectivity index is 1.39. The smallest absolute Gasteiger partial charge is 0.227 e. The van der Waals surface area contributed by atoms with E-state index < -0.39 is 9.84 Å². The Morgan fingerprint density at radius 2 is 1.80 bits per heavy atom. The van der Waals surface area contributed by atoms with Gasteiger partial charge in [-0.15, -0.1) is 0 Å². The lowest BCUT2D eigenvalue weighted by Gasteiger charge is -2.37. The molecule has 3 heterocycles. The van der Waals surface area contributed by atoms with Gasteiger partial charge in [-0.1, -0.05) is 0 Å². The second kappa shape index (κ2) is 8.11. The highest BCUT2D eigenvalue weighted by molar-refractivity contribution is 7.91. The quantitative estimate of drug-likeness (QED) is 0.729. The van der Waals surface area contributed by atoms with E-state index in [0.29, 0.717) is 32.6 Å². The first-order valence-electron chi connectivity index (χ1n) is 10.3. The monoisotopic (exact) mass is 434 g/mol. The first-order chi connectivity index (χ1) is 14.2. The molecule has 7 nitrogen and oxygen atoms in total. The van der Waals surface area contributed by atoms with E-state index in [1.807, 2.05) is 18.7 Å². The topological polar surface area (TPSA) is 75.5 Å². The van der Waals surface area contributed by atoms with Crippen LogP contribution < -0.4 is 0 Å². The molecule has 0 radical (unpaired) electrons. The first-order valence-corrected chi connectivity index (χ1v) is 12.1. The highest BCUT2D eigenvalue weighted by Gasteiger charge is 2.34. The Bertz CT molecular complexity index is 1040. The number of halogens is 1. The van der Waals surface area contributed by atoms with Gasteiger partial charge in [0.15, 0.2) is 9.84 Å². The fourth-order valence-corrected chi connectivity index (χ4v) is 6.19. The number of sulfone groups is 1. The molecule has 1 aromatic carbocycles. The van der Waals surface area contributed by atoms with Crippen molar-refractivity contribution in [2.75, 3.05) is 37.7 Å². The summed E-state index contributed by atoms with van der Waals surface area (Å²) in [5.41, 5.74) is 3.33. The van der Waals surface area contributed by atoms with Crippen molar-refractivity contribution in [2.45, 2.75) is 32.7 Å². The number of hydrogen-bond donors (Lipinski definition) is 0. The molecule has 1 unspecified atom stereocenters. The number of carbonyl (C=O) groups is 1. The molecule has 0 aliphatic carbocycles. The molecule has 2 fully saturated rings. The molecule has 2 aliphatic rings. The summed E-state index contributed by atoms with van der Waals surface area (Å²) in [6, 6.07) is 6.22. The maximum Gasteiger partial charge on any atom is 0.227 e. The third-order valence-electron chi connectivity index (χ3n) is 6.23. The summed E-state index contributed by atoms with van der Waals surface area (Å²) >= 11 is 0. The SMILES string of the molecule is Cc1nn(-c2ccc(F)cc2)c(C)c1CC(=O)N1CCN(C2CCS(=O)(=O)C2)CC1. The largest absolute Gasteiger partial charge is 0.340 e. The Morgan fingerprint density at radius 1 is 1.13 bits per heavy atom. The minimum Gasteiger partial charge on any atom is -0.340 e. The van der Waals surface area contributed by atoms with Crippen molar-refractivity contribution < 1.29 is 17.6 Å². The molecule has 2 saturated heterocycles. The minimum atomic E-state index is -2.90. The standard InChI is InChI=1S/C21H27FN4O3S/c1-15-20(16(2)26(23-15)18-5-3-17(22)4-6-18)13-21(27)25-10-8-24(9-11-25)19-7-12-30(28,29)14-19/h3-6,19H,7-14H2,1-2H3. The molecular weight excluding hydrogens is 407 g/mol. The number of benzene rings is 1. The van der Waals surface area contributed by atoms with Gasteiger partial charge in [0.25, 0.3) is 0 Å². The van der Waals surface area contributed by atoms with Crippen LogP contribution in [0.3, 0.4) is 0 Å². The van der Waals surface area contributed by atoms with Crippen molar-refractivity contribution >= 4 is 15.7 Å². The third kappa shape index (κ3) is 4.27. The van der Waals surface area contributed by atoms with Crippen molar-refractivity contribution in [1.82, 2.24) is 19.6 Å². The first kappa shape index (κ1) is 21.0. The molecule has 9 heteroatoms. The second-order valence-corrected chi connectivity index (χ2v) is 10.4. The number of carbonyl (C=O) groups excluding carboxylic acids is 1. The molecule has 0 saturated carbocycles. The van der Waals surface area contributed by atoms with Crippen LogP contribution >= 0.6 is 0 Å². The van der Waals surface area contributed by atoms with E-state index in [2.05, 4.69) is 10.00 Å². The summed E-state index contributed by atoms with van der Waals surface area (Å²) in [4.78, 5) is 17.0. The fourth-order valence-electron chi connectivity index (χ4n) is 4.43. The number of amides is 1. The molecule has 1 atom stereocenters. The average molecular weight is 435 g/mol. The molecule has 2 aromatic rings. The summed E-state index contributed by atoms with van der Waals surface area (Å²) in [6.07, 6.45) is 0.966. The van der Waals surface area contributed by atoms with Crippen LogP contribution in [0, 0.1) is 19.7 Å². The summed E-state index contributed by atoms with van der Waals surface area (Å²) < 4.78 is 38.4. The lowest BCUT2D eigenvalue weighted by Crippen LogP contribution is -2.52. The normalized spacial score (nSPS) is 21.8. The number of hydrogen-bond acceptors (Lipinski definition) is 5. The molecule has 30 heavy (non-hydrogen) atoms. The Labute approximate surface area is 176 Å². The van der Waals surface area contributed by atoms with Crippen molar-refractivity contribution in [2.24, 2.45) is 0 Å². The van der Waals surface area contributed by atoms with Crippen LogP contribution in [0.4, 0.5) is 4.39 Å². The molecule has 0 bridgehead atoms. The molecule has 4 rings (SSSR count). The van der Waals surface area contributed by atoms with Crippen molar-refractivity contribution in [3.05, 3.63) is 47.0 Å². The van der Waals surface area contributed by atoms with Gasteiger partial charge in [0.2, 0.25) is 5.91 Å². The van der Waals surface area contributed by atoms with Crippen LogP contribution in [0.5, 0.6) is 0 Å². The van der Waals surface area contributed by atoms with Gasteiger partial charge in [-0.2, -0.15) is 5.10 Å². The predicted molar refractivity (Wildman–Crippen MR) is 112 cm³/mol. The van der Waals surface area contributed by atoms with Crippen molar-refractivity contribution in [3.8, 4) is 5.69 Å². The lowest BCUT2D eigenvalue weighted by atomic mass is 10.1. The lowest BCUT2D eigenvalue weighted by molar-refractivity contribution is -0.132. The Morgan fingerprint density at radius 3 is 2.40 bits per heavy atom. The highest BCUT2D eigenvalue weighted by Crippen LogP contribution is 2.22. The molecule has 2 aliphatic heterocycles. The maximum absolute atomic E-state index is 13.2. The molecule has 0 N–H and O–H groups in total. The molecule has 162 valence electrons. The minimum absolute atomic E-state index is 0.0542. The van der Waals surface area contributed by atoms with Gasteiger partial charge in [-0.3, -0.25) is 9.69 Å². The summed E-state index contributed by atoms with van der Waals surface area (Å²) in [5.74, 6) is 0.263. The van der Waals surface area contributed by atoms with E-state index >= 15 is 0 Å². The Kier molecular flexibility index (Phi) is 5.67. The van der Waals surface area contributed by atoms with Crippen molar-refractivity contribution in [3.63, 3.8) is 0 Å². The predicted octanol–water partition coefficient (Wildman–Crippen LogP) is 1.50. The second-order valence-electron chi connectivity index (χ2n) is 8.19. The maximum atomic E-state index is 13.2. The number of aromatic nitrogens is 2. The molecule has 1 aromatic heterocycles. The van der Waals surface area contributed by atoms with Crippen LogP contribution in [0.1, 0.15) is 23.4 Å². The summed E-state index contributed by atoms with van der Waals surface area (Å²) in [5, 5.41) is 4.54. The number of aryl methyl sites for hydroxylation is 1. The van der Waals surface area contributed by atoms with Crippen LogP contribution in [0.2, 0.25) is 0 Å². The summed E-state index contributed by atoms with van der Waals surface area (Å²) in [7, 11) is -2.90. The van der Waals surface area contributed by atoms with E-state index in [1.54, 1.807) is 16.8 Å². The van der Waals surface area contributed by atoms with E-state index in [9.17, 15) is 17.6 Å². The van der Waals surface area contributed by atoms with E-state index in [0.717, 1.165) is 22.6 Å². The van der Waals surface area contributed by atoms with Crippen LogP contribution in [-0.2, 0) is 21.1 Å². The zero-order valence-corrected chi connectivity index (χ0v) is 18.2. The van der Waals surface area contributed by atoms with E-state index in [-0.39, 0.29) is 35.7 Å². The highest BCUT2D eigenvalue weighted by atomic mass is 32.2. The molecule has 0 spiro atoms. The van der Waals surface area contributed by atoms with Crippen LogP contribution in [-0.4, -0.2) is 77.6 Å².